The normalized spacial score (nSPS) is 18.7. The molecule has 1 saturated carbocycles. The van der Waals surface area contributed by atoms with E-state index in [1.807, 2.05) is 10.8 Å². The van der Waals surface area contributed by atoms with Crippen molar-refractivity contribution in [1.82, 2.24) is 9.55 Å². The highest BCUT2D eigenvalue weighted by Gasteiger charge is 2.34. The van der Waals surface area contributed by atoms with Crippen molar-refractivity contribution in [2.75, 3.05) is 0 Å². The first-order valence-corrected chi connectivity index (χ1v) is 7.21. The molecule has 106 valence electrons. The van der Waals surface area contributed by atoms with Crippen LogP contribution < -0.4 is 0 Å². The molecule has 4 heteroatoms. The molecule has 1 aromatic carbocycles. The molecular formula is C16H19FN2O. The lowest BCUT2D eigenvalue weighted by atomic mass is 9.93. The Balaban J connectivity index is 1.98. The van der Waals surface area contributed by atoms with Gasteiger partial charge in [0.25, 0.3) is 0 Å². The zero-order valence-corrected chi connectivity index (χ0v) is 11.4. The minimum atomic E-state index is -0.867. The fourth-order valence-corrected chi connectivity index (χ4v) is 2.99. The Morgan fingerprint density at radius 1 is 1.05 bits per heavy atom. The second-order valence-corrected chi connectivity index (χ2v) is 5.54. The highest BCUT2D eigenvalue weighted by atomic mass is 19.1. The number of hydrogen-bond donors (Lipinski definition) is 1. The van der Waals surface area contributed by atoms with Crippen molar-refractivity contribution in [2.24, 2.45) is 0 Å². The lowest BCUT2D eigenvalue weighted by Gasteiger charge is -2.26. The summed E-state index contributed by atoms with van der Waals surface area (Å²) >= 11 is 0. The van der Waals surface area contributed by atoms with Gasteiger partial charge in [-0.05, 0) is 37.1 Å². The molecule has 0 spiro atoms. The highest BCUT2D eigenvalue weighted by molar-refractivity contribution is 5.34. The molecule has 0 radical (unpaired) electrons. The average molecular weight is 274 g/mol. The van der Waals surface area contributed by atoms with Crippen molar-refractivity contribution in [3.8, 4) is 5.69 Å². The molecule has 0 aliphatic heterocycles. The van der Waals surface area contributed by atoms with Crippen molar-refractivity contribution in [3.63, 3.8) is 0 Å². The molecule has 3 rings (SSSR count). The maximum Gasteiger partial charge on any atom is 0.145 e. The minimum Gasteiger partial charge on any atom is -0.382 e. The van der Waals surface area contributed by atoms with Crippen molar-refractivity contribution < 1.29 is 9.50 Å². The summed E-state index contributed by atoms with van der Waals surface area (Å²) in [7, 11) is 0. The lowest BCUT2D eigenvalue weighted by molar-refractivity contribution is 0.0105. The van der Waals surface area contributed by atoms with Crippen molar-refractivity contribution >= 4 is 0 Å². The number of rotatable bonds is 2. The Kier molecular flexibility index (Phi) is 3.57. The van der Waals surface area contributed by atoms with E-state index in [9.17, 15) is 9.50 Å². The van der Waals surface area contributed by atoms with Gasteiger partial charge in [-0.15, -0.1) is 0 Å². The molecule has 2 aromatic rings. The molecule has 1 aromatic heterocycles. The van der Waals surface area contributed by atoms with Gasteiger partial charge in [-0.1, -0.05) is 25.7 Å². The standard InChI is InChI=1S/C16H19FN2O/c17-13-5-7-14(8-6-13)19-12-11-18-15(19)16(20)9-3-1-2-4-10-16/h5-8,11-12,20H,1-4,9-10H2. The Bertz CT molecular complexity index is 568. The van der Waals surface area contributed by atoms with Crippen LogP contribution in [0.25, 0.3) is 5.69 Å². The third kappa shape index (κ3) is 2.48. The van der Waals surface area contributed by atoms with Crippen LogP contribution in [-0.2, 0) is 5.60 Å². The summed E-state index contributed by atoms with van der Waals surface area (Å²) in [5, 5.41) is 11.0. The third-order valence-corrected chi connectivity index (χ3v) is 4.09. The molecule has 0 bridgehead atoms. The van der Waals surface area contributed by atoms with Gasteiger partial charge in [-0.2, -0.15) is 0 Å². The minimum absolute atomic E-state index is 0.261. The van der Waals surface area contributed by atoms with E-state index in [1.54, 1.807) is 18.3 Å². The number of nitrogens with zero attached hydrogens (tertiary/aromatic N) is 2. The van der Waals surface area contributed by atoms with E-state index in [1.165, 1.54) is 25.0 Å². The van der Waals surface area contributed by atoms with Gasteiger partial charge in [0.1, 0.15) is 17.2 Å². The quantitative estimate of drug-likeness (QED) is 0.850. The number of benzene rings is 1. The summed E-state index contributed by atoms with van der Waals surface area (Å²) in [6, 6.07) is 6.27. The Morgan fingerprint density at radius 2 is 1.70 bits per heavy atom. The van der Waals surface area contributed by atoms with Gasteiger partial charge in [-0.25, -0.2) is 9.37 Å². The first-order chi connectivity index (χ1) is 9.69. The topological polar surface area (TPSA) is 38.1 Å². The summed E-state index contributed by atoms with van der Waals surface area (Å²) in [6.45, 7) is 0. The van der Waals surface area contributed by atoms with Crippen LogP contribution in [0, 0.1) is 5.82 Å². The summed E-state index contributed by atoms with van der Waals surface area (Å²) in [6.07, 6.45) is 9.38. The molecule has 1 N–H and O–H groups in total. The van der Waals surface area contributed by atoms with Crippen LogP contribution in [0.2, 0.25) is 0 Å². The van der Waals surface area contributed by atoms with E-state index in [-0.39, 0.29) is 5.82 Å². The van der Waals surface area contributed by atoms with Crippen LogP contribution in [0.15, 0.2) is 36.7 Å². The maximum atomic E-state index is 13.0. The van der Waals surface area contributed by atoms with E-state index in [2.05, 4.69) is 4.98 Å². The van der Waals surface area contributed by atoms with Crippen LogP contribution in [-0.4, -0.2) is 14.7 Å². The smallest absolute Gasteiger partial charge is 0.145 e. The fraction of sp³-hybridized carbons (Fsp3) is 0.438. The molecule has 1 fully saturated rings. The van der Waals surface area contributed by atoms with Crippen molar-refractivity contribution in [2.45, 2.75) is 44.1 Å². The SMILES string of the molecule is OC1(c2nccn2-c2ccc(F)cc2)CCCCCC1. The summed E-state index contributed by atoms with van der Waals surface area (Å²) < 4.78 is 14.9. The fourth-order valence-electron chi connectivity index (χ4n) is 2.99. The first kappa shape index (κ1) is 13.3. The number of hydrogen-bond acceptors (Lipinski definition) is 2. The van der Waals surface area contributed by atoms with Crippen LogP contribution >= 0.6 is 0 Å². The number of aliphatic hydroxyl groups is 1. The second-order valence-electron chi connectivity index (χ2n) is 5.54. The van der Waals surface area contributed by atoms with Gasteiger partial charge < -0.3 is 9.67 Å². The van der Waals surface area contributed by atoms with Crippen LogP contribution in [0.5, 0.6) is 0 Å². The second kappa shape index (κ2) is 5.37. The molecule has 1 heterocycles. The predicted molar refractivity (Wildman–Crippen MR) is 75.1 cm³/mol. The molecule has 3 nitrogen and oxygen atoms in total. The molecule has 1 aliphatic carbocycles. The number of imidazole rings is 1. The first-order valence-electron chi connectivity index (χ1n) is 7.21. The lowest BCUT2D eigenvalue weighted by Crippen LogP contribution is -2.28. The summed E-state index contributed by atoms with van der Waals surface area (Å²) in [4.78, 5) is 4.37. The third-order valence-electron chi connectivity index (χ3n) is 4.09. The van der Waals surface area contributed by atoms with Gasteiger partial charge in [0.2, 0.25) is 0 Å². The van der Waals surface area contributed by atoms with E-state index >= 15 is 0 Å². The largest absolute Gasteiger partial charge is 0.382 e. The predicted octanol–water partition coefficient (Wildman–Crippen LogP) is 3.55. The maximum absolute atomic E-state index is 13.0. The molecule has 0 unspecified atom stereocenters. The van der Waals surface area contributed by atoms with Gasteiger partial charge in [0, 0.05) is 18.1 Å². The molecule has 1 aliphatic rings. The van der Waals surface area contributed by atoms with Crippen LogP contribution in [0.1, 0.15) is 44.3 Å². The van der Waals surface area contributed by atoms with E-state index in [4.69, 9.17) is 0 Å². The van der Waals surface area contributed by atoms with E-state index in [0.717, 1.165) is 31.4 Å². The number of halogens is 1. The Labute approximate surface area is 118 Å². The van der Waals surface area contributed by atoms with Gasteiger partial charge in [0.05, 0.1) is 0 Å². The van der Waals surface area contributed by atoms with Gasteiger partial charge in [-0.3, -0.25) is 0 Å². The zero-order chi connectivity index (χ0) is 14.0. The number of aromatic nitrogens is 2. The molecule has 20 heavy (non-hydrogen) atoms. The van der Waals surface area contributed by atoms with E-state index < -0.39 is 5.60 Å². The zero-order valence-electron chi connectivity index (χ0n) is 11.4. The molecular weight excluding hydrogens is 255 g/mol. The average Bonchev–Trinajstić information content (AvgIpc) is 2.84. The Hall–Kier alpha value is -1.68. The molecule has 0 saturated heterocycles. The van der Waals surface area contributed by atoms with Gasteiger partial charge in [0.15, 0.2) is 0 Å². The monoisotopic (exact) mass is 274 g/mol. The summed E-state index contributed by atoms with van der Waals surface area (Å²) in [5.41, 5.74) is -0.0365. The van der Waals surface area contributed by atoms with Crippen LogP contribution in [0.4, 0.5) is 4.39 Å². The van der Waals surface area contributed by atoms with E-state index in [0.29, 0.717) is 5.82 Å². The highest BCUT2D eigenvalue weighted by Crippen LogP contribution is 2.35. The van der Waals surface area contributed by atoms with Crippen molar-refractivity contribution in [1.29, 1.82) is 0 Å². The summed E-state index contributed by atoms with van der Waals surface area (Å²) in [5.74, 6) is 0.412. The van der Waals surface area contributed by atoms with Crippen molar-refractivity contribution in [3.05, 3.63) is 48.3 Å². The molecule has 0 amide bonds. The van der Waals surface area contributed by atoms with Gasteiger partial charge >= 0.3 is 0 Å². The Morgan fingerprint density at radius 3 is 2.35 bits per heavy atom. The van der Waals surface area contributed by atoms with Crippen LogP contribution in [0.3, 0.4) is 0 Å². The molecule has 0 atom stereocenters.